The normalized spacial score (nSPS) is 28.8. The number of nitrogens with one attached hydrogen (secondary N) is 2. The molecule has 0 aromatic heterocycles. The van der Waals surface area contributed by atoms with Gasteiger partial charge in [-0.05, 0) is 106 Å². The fourth-order valence-corrected chi connectivity index (χ4v) is 8.63. The first-order valence-electron chi connectivity index (χ1n) is 16.0. The van der Waals surface area contributed by atoms with Gasteiger partial charge in [0.2, 0.25) is 0 Å². The van der Waals surface area contributed by atoms with Crippen LogP contribution in [0.1, 0.15) is 50.7 Å². The van der Waals surface area contributed by atoms with Crippen molar-refractivity contribution >= 4 is 39.3 Å². The van der Waals surface area contributed by atoms with Gasteiger partial charge in [0.15, 0.2) is 0 Å². The number of aryl methyl sites for hydroxylation is 1. The highest BCUT2D eigenvalue weighted by molar-refractivity contribution is 7.90. The number of nitrogens with zero attached hydrogens (tertiary/aromatic N) is 2. The van der Waals surface area contributed by atoms with Gasteiger partial charge in [-0.25, -0.2) is 17.9 Å². The molecular formula is C34H43ClN4O6S. The number of likely N-dealkylation sites (N-methyl/N-ethyl adjacent to an activating group) is 1. The highest BCUT2D eigenvalue weighted by atomic mass is 35.5. The lowest BCUT2D eigenvalue weighted by Crippen LogP contribution is -2.54. The second-order valence-corrected chi connectivity index (χ2v) is 15.8. The number of amides is 2. The largest absolute Gasteiger partial charge is 0.490 e. The van der Waals surface area contributed by atoms with Crippen LogP contribution in [0, 0.1) is 11.8 Å². The highest BCUT2D eigenvalue weighted by Crippen LogP contribution is 2.47. The lowest BCUT2D eigenvalue weighted by Gasteiger charge is -2.46. The van der Waals surface area contributed by atoms with Gasteiger partial charge >= 0.3 is 6.09 Å². The van der Waals surface area contributed by atoms with Crippen LogP contribution in [0.2, 0.25) is 5.02 Å². The zero-order valence-electron chi connectivity index (χ0n) is 26.8. The number of sulfonamides is 1. The molecule has 2 bridgehead atoms. The van der Waals surface area contributed by atoms with Crippen molar-refractivity contribution in [1.82, 2.24) is 14.9 Å². The molecule has 4 aliphatic rings. The predicted octanol–water partition coefficient (Wildman–Crippen LogP) is 4.65. The SMILES string of the molecule is CNC(=O)O[C@H]1C=CCN(C)C(C)(C)C(=O)NS(=O)(=O)c2ccc3c(c2)N(C[C@@H]2CC[C@H]21)C[C@@]1(CCCc2cc(Cl)ccc21)CO3. The lowest BCUT2D eigenvalue weighted by atomic mass is 9.68. The minimum absolute atomic E-state index is 0.00333. The Morgan fingerprint density at radius 1 is 1.17 bits per heavy atom. The van der Waals surface area contributed by atoms with E-state index in [1.807, 2.05) is 24.3 Å². The molecule has 2 aromatic rings. The van der Waals surface area contributed by atoms with Crippen LogP contribution in [-0.2, 0) is 31.4 Å². The molecule has 2 aromatic carbocycles. The number of hydrogen-bond acceptors (Lipinski definition) is 8. The summed E-state index contributed by atoms with van der Waals surface area (Å²) in [6, 6.07) is 10.9. The Kier molecular flexibility index (Phi) is 8.80. The fourth-order valence-electron chi connectivity index (χ4n) is 7.31. The average Bonchev–Trinajstić information content (AvgIpc) is 3.15. The molecule has 2 N–H and O–H groups in total. The standard InChI is InChI=1S/C34H43ClN4O6S/c1-33(2)31(40)37-46(42,43)25-11-14-30-28(18-25)39(20-34(21-44-30)15-5-7-22-17-24(35)10-13-27(22)34)19-23-9-12-26(23)29(45-32(41)36-3)8-6-16-38(33)4/h6,8,10-11,13-14,17-18,23,26,29H,5,7,9,12,15-16,19-21H2,1-4H3,(H,36,41)(H,37,40)/t23-,26+,29-,34-/m0/s1. The summed E-state index contributed by atoms with van der Waals surface area (Å²) in [7, 11) is -0.894. The van der Waals surface area contributed by atoms with E-state index in [4.69, 9.17) is 21.1 Å². The number of fused-ring (bicyclic) bond motifs is 4. The van der Waals surface area contributed by atoms with E-state index in [9.17, 15) is 18.0 Å². The number of alkyl carbamates (subject to hydrolysis) is 1. The first-order valence-corrected chi connectivity index (χ1v) is 17.8. The molecule has 1 fully saturated rings. The van der Waals surface area contributed by atoms with Crippen molar-refractivity contribution in [2.24, 2.45) is 11.8 Å². The van der Waals surface area contributed by atoms with Crippen LogP contribution < -0.4 is 19.7 Å². The molecule has 2 aliphatic heterocycles. The number of carbonyl (C=O) groups is 2. The molecular weight excluding hydrogens is 628 g/mol. The number of ether oxygens (including phenoxy) is 2. The quantitative estimate of drug-likeness (QED) is 0.422. The number of benzene rings is 2. The Bertz CT molecular complexity index is 1660. The third-order valence-corrected chi connectivity index (χ3v) is 12.1. The maximum Gasteiger partial charge on any atom is 0.407 e. The molecule has 1 spiro atoms. The third kappa shape index (κ3) is 6.09. The van der Waals surface area contributed by atoms with Gasteiger partial charge in [0, 0.05) is 43.0 Å². The van der Waals surface area contributed by atoms with Crippen LogP contribution in [0.3, 0.4) is 0 Å². The van der Waals surface area contributed by atoms with Gasteiger partial charge in [0.1, 0.15) is 11.9 Å². The molecule has 0 unspecified atom stereocenters. The van der Waals surface area contributed by atoms with E-state index >= 15 is 0 Å². The summed E-state index contributed by atoms with van der Waals surface area (Å²) >= 11 is 6.41. The third-order valence-electron chi connectivity index (χ3n) is 10.6. The number of halogens is 1. The second-order valence-electron chi connectivity index (χ2n) is 13.7. The Hall–Kier alpha value is -3.28. The highest BCUT2D eigenvalue weighted by Gasteiger charge is 2.45. The van der Waals surface area contributed by atoms with Crippen molar-refractivity contribution in [1.29, 1.82) is 0 Å². The smallest absolute Gasteiger partial charge is 0.407 e. The fraction of sp³-hybridized carbons (Fsp3) is 0.529. The van der Waals surface area contributed by atoms with Gasteiger partial charge in [-0.2, -0.15) is 0 Å². The van der Waals surface area contributed by atoms with E-state index in [0.29, 0.717) is 42.7 Å². The molecule has 0 saturated heterocycles. The van der Waals surface area contributed by atoms with Crippen molar-refractivity contribution in [3.8, 4) is 5.75 Å². The monoisotopic (exact) mass is 670 g/mol. The summed E-state index contributed by atoms with van der Waals surface area (Å²) in [4.78, 5) is 29.9. The van der Waals surface area contributed by atoms with Gasteiger partial charge in [0.25, 0.3) is 15.9 Å². The molecule has 2 heterocycles. The van der Waals surface area contributed by atoms with Crippen molar-refractivity contribution in [2.75, 3.05) is 45.2 Å². The molecule has 6 rings (SSSR count). The van der Waals surface area contributed by atoms with Crippen LogP contribution in [-0.4, -0.2) is 77.3 Å². The van der Waals surface area contributed by atoms with E-state index in [-0.39, 0.29) is 22.1 Å². The topological polar surface area (TPSA) is 117 Å². The van der Waals surface area contributed by atoms with E-state index in [1.54, 1.807) is 45.0 Å². The minimum atomic E-state index is -4.19. The van der Waals surface area contributed by atoms with E-state index in [0.717, 1.165) is 32.1 Å². The molecule has 248 valence electrons. The van der Waals surface area contributed by atoms with Crippen molar-refractivity contribution in [2.45, 2.75) is 67.9 Å². The number of rotatable bonds is 1. The molecule has 2 amide bonds. The molecule has 10 nitrogen and oxygen atoms in total. The zero-order valence-corrected chi connectivity index (χ0v) is 28.4. The molecule has 12 heteroatoms. The first kappa shape index (κ1) is 32.7. The van der Waals surface area contributed by atoms with E-state index in [2.05, 4.69) is 21.0 Å². The van der Waals surface area contributed by atoms with Gasteiger partial charge in [-0.3, -0.25) is 9.69 Å². The van der Waals surface area contributed by atoms with E-state index < -0.39 is 33.7 Å². The van der Waals surface area contributed by atoms with E-state index in [1.165, 1.54) is 17.2 Å². The number of hydrogen-bond donors (Lipinski definition) is 2. The van der Waals surface area contributed by atoms with Crippen LogP contribution >= 0.6 is 11.6 Å². The summed E-state index contributed by atoms with van der Waals surface area (Å²) in [5.74, 6) is 0.194. The maximum absolute atomic E-state index is 13.7. The van der Waals surface area contributed by atoms with Crippen LogP contribution in [0.15, 0.2) is 53.4 Å². The van der Waals surface area contributed by atoms with Crippen LogP contribution in [0.4, 0.5) is 10.5 Å². The van der Waals surface area contributed by atoms with Crippen LogP contribution in [0.5, 0.6) is 5.75 Å². The van der Waals surface area contributed by atoms with Crippen molar-refractivity contribution < 1.29 is 27.5 Å². The first-order chi connectivity index (χ1) is 21.8. The Morgan fingerprint density at radius 2 is 1.98 bits per heavy atom. The molecule has 4 atom stereocenters. The zero-order chi connectivity index (χ0) is 32.9. The summed E-state index contributed by atoms with van der Waals surface area (Å²) in [5.41, 5.74) is 1.60. The van der Waals surface area contributed by atoms with Gasteiger partial charge in [-0.1, -0.05) is 23.7 Å². The lowest BCUT2D eigenvalue weighted by molar-refractivity contribution is -0.128. The van der Waals surface area contributed by atoms with Gasteiger partial charge < -0.3 is 19.7 Å². The van der Waals surface area contributed by atoms with Crippen LogP contribution in [0.25, 0.3) is 0 Å². The minimum Gasteiger partial charge on any atom is -0.490 e. The Balaban J connectivity index is 1.45. The molecule has 46 heavy (non-hydrogen) atoms. The Labute approximate surface area is 276 Å². The van der Waals surface area contributed by atoms with Crippen molar-refractivity contribution in [3.05, 3.63) is 64.7 Å². The van der Waals surface area contributed by atoms with Gasteiger partial charge in [0.05, 0.1) is 22.7 Å². The van der Waals surface area contributed by atoms with Gasteiger partial charge in [-0.15, -0.1) is 0 Å². The van der Waals surface area contributed by atoms with Crippen molar-refractivity contribution in [3.63, 3.8) is 0 Å². The molecule has 1 saturated carbocycles. The predicted molar refractivity (Wildman–Crippen MR) is 177 cm³/mol. The second kappa shape index (κ2) is 12.4. The molecule has 0 radical (unpaired) electrons. The maximum atomic E-state index is 13.7. The summed E-state index contributed by atoms with van der Waals surface area (Å²) < 4.78 is 42.1. The summed E-state index contributed by atoms with van der Waals surface area (Å²) in [5, 5.41) is 3.28. The summed E-state index contributed by atoms with van der Waals surface area (Å²) in [6.07, 6.45) is 7.49. The average molecular weight is 671 g/mol. The number of anilines is 1. The Morgan fingerprint density at radius 3 is 2.72 bits per heavy atom. The summed E-state index contributed by atoms with van der Waals surface area (Å²) in [6.45, 7) is 5.37. The number of carbonyl (C=O) groups excluding carboxylic acids is 2. The molecule has 2 aliphatic carbocycles.